The van der Waals surface area contributed by atoms with Crippen molar-refractivity contribution in [1.82, 2.24) is 9.55 Å². The molecule has 0 unspecified atom stereocenters. The predicted octanol–water partition coefficient (Wildman–Crippen LogP) is 2.73. The number of nitrogens with two attached hydrogens (primary N) is 1. The molecule has 1 aromatic heterocycles. The largest absolute Gasteiger partial charge is 0.392 e. The molecule has 2 amide bonds. The summed E-state index contributed by atoms with van der Waals surface area (Å²) >= 11 is 0. The molecular weight excluding hydrogens is 402 g/mol. The number of carbonyl (C=O) groups excluding carboxylic acids is 2. The maximum atomic E-state index is 12.3. The molecule has 1 aliphatic rings. The quantitative estimate of drug-likeness (QED) is 0.489. The third kappa shape index (κ3) is 4.43. The lowest BCUT2D eigenvalue weighted by molar-refractivity contribution is -0.392. The number of Topliss-reactive ketones (excluding diaryl/α,β-unsaturated/α-hetero) is 1. The van der Waals surface area contributed by atoms with E-state index in [2.05, 4.69) is 4.98 Å². The van der Waals surface area contributed by atoms with Gasteiger partial charge in [-0.05, 0) is 28.7 Å². The minimum Gasteiger partial charge on any atom is -0.392 e. The molecule has 31 heavy (non-hydrogen) atoms. The second-order valence-corrected chi connectivity index (χ2v) is 6.72. The van der Waals surface area contributed by atoms with Crippen LogP contribution in [0.2, 0.25) is 0 Å². The molecule has 1 aliphatic heterocycles. The molecule has 0 radical (unpaired) electrons. The number of carbonyl (C=O) groups is 2. The number of urea groups is 1. The summed E-state index contributed by atoms with van der Waals surface area (Å²) in [5.41, 5.74) is 8.04. The lowest BCUT2D eigenvalue weighted by Gasteiger charge is -2.22. The number of amides is 2. The van der Waals surface area contributed by atoms with Crippen LogP contribution in [-0.2, 0) is 13.0 Å². The van der Waals surface area contributed by atoms with E-state index in [1.807, 2.05) is 18.2 Å². The van der Waals surface area contributed by atoms with E-state index >= 15 is 0 Å². The van der Waals surface area contributed by atoms with Crippen LogP contribution < -0.4 is 10.6 Å². The van der Waals surface area contributed by atoms with Crippen molar-refractivity contribution in [2.45, 2.75) is 19.9 Å². The van der Waals surface area contributed by atoms with Gasteiger partial charge >= 0.3 is 11.8 Å². The summed E-state index contributed by atoms with van der Waals surface area (Å²) in [7, 11) is 0. The highest BCUT2D eigenvalue weighted by Gasteiger charge is 2.27. The maximum absolute atomic E-state index is 12.3. The summed E-state index contributed by atoms with van der Waals surface area (Å²) in [4.78, 5) is 39.1. The Hall–Kier alpha value is -4.05. The van der Waals surface area contributed by atoms with Crippen LogP contribution in [0.1, 0.15) is 21.7 Å². The van der Waals surface area contributed by atoms with E-state index in [1.54, 1.807) is 37.3 Å². The first kappa shape index (κ1) is 21.7. The van der Waals surface area contributed by atoms with Crippen LogP contribution >= 0.6 is 0 Å². The molecule has 2 heterocycles. The van der Waals surface area contributed by atoms with E-state index < -0.39 is 11.0 Å². The zero-order valence-electron chi connectivity index (χ0n) is 16.8. The number of aliphatic hydroxyl groups excluding tert-OH is 1. The first-order valence-electron chi connectivity index (χ1n) is 9.42. The number of aryl methyl sites for hydroxylation is 1. The van der Waals surface area contributed by atoms with Crippen LogP contribution in [0.25, 0.3) is 0 Å². The Balaban J connectivity index is 0.000000196. The van der Waals surface area contributed by atoms with Crippen LogP contribution in [0.3, 0.4) is 0 Å². The number of primary amides is 1. The molecular formula is C21H21N5O5. The molecule has 0 aliphatic carbocycles. The van der Waals surface area contributed by atoms with E-state index in [4.69, 9.17) is 10.8 Å². The number of benzene rings is 2. The zero-order valence-corrected chi connectivity index (χ0v) is 16.8. The molecule has 0 atom stereocenters. The summed E-state index contributed by atoms with van der Waals surface area (Å²) in [6, 6.07) is 13.8. The number of ketones is 1. The van der Waals surface area contributed by atoms with E-state index in [0.717, 1.165) is 5.56 Å². The highest BCUT2D eigenvalue weighted by atomic mass is 16.6. The van der Waals surface area contributed by atoms with Crippen molar-refractivity contribution in [3.05, 3.63) is 81.8 Å². The third-order valence-corrected chi connectivity index (χ3v) is 4.79. The Bertz CT molecular complexity index is 1140. The van der Waals surface area contributed by atoms with E-state index in [9.17, 15) is 19.7 Å². The second kappa shape index (κ2) is 9.18. The number of nitro groups is 1. The Morgan fingerprint density at radius 3 is 2.48 bits per heavy atom. The summed E-state index contributed by atoms with van der Waals surface area (Å²) < 4.78 is 1.36. The molecule has 2 aromatic carbocycles. The minimum absolute atomic E-state index is 0.00759. The number of anilines is 2. The molecule has 0 spiro atoms. The molecule has 160 valence electrons. The number of nitrogens with zero attached hydrogens (tertiary/aromatic N) is 4. The highest BCUT2D eigenvalue weighted by molar-refractivity contribution is 6.11. The van der Waals surface area contributed by atoms with Crippen molar-refractivity contribution in [2.24, 2.45) is 5.73 Å². The molecule has 4 rings (SSSR count). The van der Waals surface area contributed by atoms with Crippen molar-refractivity contribution in [1.29, 1.82) is 0 Å². The van der Waals surface area contributed by atoms with Crippen molar-refractivity contribution >= 4 is 29.0 Å². The Morgan fingerprint density at radius 2 is 1.84 bits per heavy atom. The Kier molecular flexibility index (Phi) is 6.41. The van der Waals surface area contributed by atoms with Gasteiger partial charge in [0.05, 0.1) is 18.0 Å². The predicted molar refractivity (Wildman–Crippen MR) is 113 cm³/mol. The fourth-order valence-corrected chi connectivity index (χ4v) is 3.40. The van der Waals surface area contributed by atoms with Gasteiger partial charge in [-0.2, -0.15) is 0 Å². The highest BCUT2D eigenvalue weighted by Crippen LogP contribution is 2.35. The molecule has 0 fully saturated rings. The van der Waals surface area contributed by atoms with Gasteiger partial charge < -0.3 is 21.0 Å². The van der Waals surface area contributed by atoms with Gasteiger partial charge in [-0.3, -0.25) is 9.69 Å². The molecule has 10 heteroatoms. The van der Waals surface area contributed by atoms with Gasteiger partial charge in [-0.1, -0.05) is 30.3 Å². The summed E-state index contributed by atoms with van der Waals surface area (Å²) in [5.74, 6) is 0.448. The van der Waals surface area contributed by atoms with Gasteiger partial charge in [-0.25, -0.2) is 14.3 Å². The third-order valence-electron chi connectivity index (χ3n) is 4.79. The number of aromatic nitrogens is 2. The molecule has 0 bridgehead atoms. The van der Waals surface area contributed by atoms with Gasteiger partial charge in [0.15, 0.2) is 11.6 Å². The van der Waals surface area contributed by atoms with E-state index in [1.165, 1.54) is 15.7 Å². The normalized spacial score (nSPS) is 12.2. The Morgan fingerprint density at radius 1 is 1.19 bits per heavy atom. The maximum Gasteiger partial charge on any atom is 0.342 e. The van der Waals surface area contributed by atoms with Crippen LogP contribution in [-0.4, -0.2) is 38.0 Å². The number of fused-ring (bicyclic) bond motifs is 2. The fourth-order valence-electron chi connectivity index (χ4n) is 3.40. The van der Waals surface area contributed by atoms with Crippen LogP contribution in [0, 0.1) is 17.0 Å². The monoisotopic (exact) mass is 423 g/mol. The van der Waals surface area contributed by atoms with E-state index in [-0.39, 0.29) is 31.2 Å². The number of hydrogen-bond acceptors (Lipinski definition) is 6. The molecule has 3 N–H and O–H groups in total. The molecule has 0 saturated carbocycles. The van der Waals surface area contributed by atoms with Crippen LogP contribution in [0.15, 0.2) is 54.7 Å². The second-order valence-electron chi connectivity index (χ2n) is 6.72. The Labute approximate surface area is 177 Å². The topological polar surface area (TPSA) is 145 Å². The number of imidazole rings is 1. The van der Waals surface area contributed by atoms with Gasteiger partial charge in [-0.15, -0.1) is 0 Å². The number of aliphatic hydroxyl groups is 1. The van der Waals surface area contributed by atoms with Gasteiger partial charge in [0.25, 0.3) is 0 Å². The van der Waals surface area contributed by atoms with Gasteiger partial charge in [0, 0.05) is 18.9 Å². The lowest BCUT2D eigenvalue weighted by Crippen LogP contribution is -2.32. The molecule has 0 saturated heterocycles. The van der Waals surface area contributed by atoms with Gasteiger partial charge in [0.2, 0.25) is 0 Å². The summed E-state index contributed by atoms with van der Waals surface area (Å²) in [5, 5.41) is 19.0. The van der Waals surface area contributed by atoms with Gasteiger partial charge in [0.1, 0.15) is 12.7 Å². The fraction of sp³-hybridized carbons (Fsp3) is 0.190. The molecule has 3 aromatic rings. The summed E-state index contributed by atoms with van der Waals surface area (Å²) in [6.45, 7) is 1.74. The van der Waals surface area contributed by atoms with Crippen molar-refractivity contribution in [3.63, 3.8) is 0 Å². The number of rotatable bonds is 3. The average molecular weight is 423 g/mol. The van der Waals surface area contributed by atoms with Crippen molar-refractivity contribution < 1.29 is 19.6 Å². The van der Waals surface area contributed by atoms with Crippen molar-refractivity contribution in [3.8, 4) is 0 Å². The van der Waals surface area contributed by atoms with Crippen molar-refractivity contribution in [2.75, 3.05) is 11.5 Å². The minimum atomic E-state index is -0.588. The number of hydrogen-bond donors (Lipinski definition) is 2. The number of para-hydroxylation sites is 2. The van der Waals surface area contributed by atoms with E-state index in [0.29, 0.717) is 22.8 Å². The first-order valence-corrected chi connectivity index (χ1v) is 9.42. The first-order chi connectivity index (χ1) is 14.8. The standard InChI is InChI=1S/C15H12N2O2.C6H9N3O3/c16-15(19)17-12-7-3-1-5-10(12)9-14(18)11-6-2-4-8-13(11)17;1-5-7-4-6(9(11)12)8(5)2-3-10/h1-8H,9H2,(H2,16,19);4,10H,2-3H2,1H3. The van der Waals surface area contributed by atoms with Crippen LogP contribution in [0.4, 0.5) is 22.0 Å². The average Bonchev–Trinajstić information content (AvgIpc) is 3.04. The van der Waals surface area contributed by atoms with Crippen LogP contribution in [0.5, 0.6) is 0 Å². The molecule has 10 nitrogen and oxygen atoms in total. The smallest absolute Gasteiger partial charge is 0.342 e. The zero-order chi connectivity index (χ0) is 22.5. The summed E-state index contributed by atoms with van der Waals surface area (Å²) in [6.07, 6.45) is 1.46. The lowest BCUT2D eigenvalue weighted by atomic mass is 10.0. The SMILES string of the molecule is Cc1ncc([N+](=O)[O-])n1CCO.NC(=O)N1c2ccccc2CC(=O)c2ccccc21.